The molecular weight excluding hydrogens is 309 g/mol. The Hall–Kier alpha value is -1.71. The zero-order valence-electron chi connectivity index (χ0n) is 11.1. The van der Waals surface area contributed by atoms with Crippen LogP contribution in [-0.4, -0.2) is 12.5 Å². The minimum atomic E-state index is -0.230. The molecule has 1 atom stereocenters. The van der Waals surface area contributed by atoms with Gasteiger partial charge in [-0.1, -0.05) is 23.2 Å². The first-order chi connectivity index (χ1) is 10.1. The first kappa shape index (κ1) is 14.2. The van der Waals surface area contributed by atoms with Crippen molar-refractivity contribution in [3.8, 4) is 5.75 Å². The van der Waals surface area contributed by atoms with Crippen LogP contribution in [0.1, 0.15) is 5.56 Å². The molecule has 0 unspecified atom stereocenters. The summed E-state index contributed by atoms with van der Waals surface area (Å²) < 4.78 is 5.63. The third-order valence-corrected chi connectivity index (χ3v) is 3.90. The van der Waals surface area contributed by atoms with E-state index in [0.29, 0.717) is 23.1 Å². The Kier molecular flexibility index (Phi) is 4.04. The Bertz CT molecular complexity index is 670. The van der Waals surface area contributed by atoms with Gasteiger partial charge in [-0.05, 0) is 54.4 Å². The van der Waals surface area contributed by atoms with Crippen LogP contribution in [0, 0.1) is 5.92 Å². The smallest absolute Gasteiger partial charge is 0.231 e. The van der Waals surface area contributed by atoms with Crippen LogP contribution in [0.25, 0.3) is 0 Å². The summed E-state index contributed by atoms with van der Waals surface area (Å²) in [6.07, 6.45) is 0.620. The molecule has 1 heterocycles. The Balaban J connectivity index is 1.70. The zero-order chi connectivity index (χ0) is 14.8. The lowest BCUT2D eigenvalue weighted by molar-refractivity contribution is -0.121. The minimum Gasteiger partial charge on any atom is -0.492 e. The number of anilines is 1. The van der Waals surface area contributed by atoms with Crippen LogP contribution in [0.2, 0.25) is 10.0 Å². The van der Waals surface area contributed by atoms with E-state index in [1.54, 1.807) is 30.3 Å². The monoisotopic (exact) mass is 321 g/mol. The SMILES string of the molecule is O=C(Nc1ccc(Cl)cc1)[C@@H]1COc2ccc(Cl)cc2C1. The van der Waals surface area contributed by atoms with Crippen molar-refractivity contribution in [3.63, 3.8) is 0 Å². The summed E-state index contributed by atoms with van der Waals surface area (Å²) in [5.74, 6) is 0.504. The van der Waals surface area contributed by atoms with E-state index in [0.717, 1.165) is 17.0 Å². The van der Waals surface area contributed by atoms with Gasteiger partial charge >= 0.3 is 0 Å². The van der Waals surface area contributed by atoms with Gasteiger partial charge < -0.3 is 10.1 Å². The minimum absolute atomic E-state index is 0.0667. The number of ether oxygens (including phenoxy) is 1. The fourth-order valence-corrected chi connectivity index (χ4v) is 2.63. The molecule has 108 valence electrons. The number of benzene rings is 2. The lowest BCUT2D eigenvalue weighted by Crippen LogP contribution is -2.32. The van der Waals surface area contributed by atoms with Gasteiger partial charge in [-0.3, -0.25) is 4.79 Å². The van der Waals surface area contributed by atoms with Crippen LogP contribution in [0.3, 0.4) is 0 Å². The Morgan fingerprint density at radius 2 is 1.81 bits per heavy atom. The fourth-order valence-electron chi connectivity index (χ4n) is 2.31. The van der Waals surface area contributed by atoms with E-state index in [9.17, 15) is 4.79 Å². The molecule has 0 radical (unpaired) electrons. The standard InChI is InChI=1S/C16H13Cl2NO2/c17-12-1-4-14(5-2-12)19-16(20)11-7-10-8-13(18)3-6-15(10)21-9-11/h1-6,8,11H,7,9H2,(H,19,20)/t11-/m0/s1. The van der Waals surface area contributed by atoms with E-state index >= 15 is 0 Å². The molecule has 2 aromatic carbocycles. The summed E-state index contributed by atoms with van der Waals surface area (Å²) in [6, 6.07) is 12.5. The number of rotatable bonds is 2. The van der Waals surface area contributed by atoms with E-state index in [4.69, 9.17) is 27.9 Å². The van der Waals surface area contributed by atoms with Gasteiger partial charge in [0.2, 0.25) is 5.91 Å². The highest BCUT2D eigenvalue weighted by Gasteiger charge is 2.26. The molecular formula is C16H13Cl2NO2. The molecule has 3 nitrogen and oxygen atoms in total. The largest absolute Gasteiger partial charge is 0.492 e. The van der Waals surface area contributed by atoms with Crippen molar-refractivity contribution in [1.29, 1.82) is 0 Å². The molecule has 0 aromatic heterocycles. The van der Waals surface area contributed by atoms with E-state index < -0.39 is 0 Å². The molecule has 0 fully saturated rings. The number of amides is 1. The van der Waals surface area contributed by atoms with Gasteiger partial charge in [-0.15, -0.1) is 0 Å². The van der Waals surface area contributed by atoms with Crippen LogP contribution in [0.15, 0.2) is 42.5 Å². The number of carbonyl (C=O) groups excluding carboxylic acids is 1. The second-order valence-corrected chi connectivity index (χ2v) is 5.83. The lowest BCUT2D eigenvalue weighted by atomic mass is 9.96. The molecule has 0 spiro atoms. The van der Waals surface area contributed by atoms with Crippen LogP contribution in [0.5, 0.6) is 5.75 Å². The summed E-state index contributed by atoms with van der Waals surface area (Å²) in [6.45, 7) is 0.369. The van der Waals surface area contributed by atoms with Gasteiger partial charge in [0, 0.05) is 15.7 Å². The highest BCUT2D eigenvalue weighted by atomic mass is 35.5. The van der Waals surface area contributed by atoms with Crippen LogP contribution < -0.4 is 10.1 Å². The number of halogens is 2. The molecule has 1 aliphatic heterocycles. The average Bonchev–Trinajstić information content (AvgIpc) is 2.48. The molecule has 1 aliphatic rings. The number of fused-ring (bicyclic) bond motifs is 1. The average molecular weight is 322 g/mol. The Morgan fingerprint density at radius 3 is 2.57 bits per heavy atom. The van der Waals surface area contributed by atoms with Crippen LogP contribution >= 0.6 is 23.2 Å². The number of hydrogen-bond acceptors (Lipinski definition) is 2. The molecule has 5 heteroatoms. The molecule has 0 saturated carbocycles. The highest BCUT2D eigenvalue weighted by Crippen LogP contribution is 2.30. The number of nitrogens with one attached hydrogen (secondary N) is 1. The molecule has 2 aromatic rings. The van der Waals surface area contributed by atoms with Gasteiger partial charge in [-0.25, -0.2) is 0 Å². The second-order valence-electron chi connectivity index (χ2n) is 4.96. The zero-order valence-corrected chi connectivity index (χ0v) is 12.6. The van der Waals surface area contributed by atoms with Crippen LogP contribution in [0.4, 0.5) is 5.69 Å². The van der Waals surface area contributed by atoms with Crippen molar-refractivity contribution in [2.24, 2.45) is 5.92 Å². The molecule has 1 amide bonds. The maximum absolute atomic E-state index is 12.3. The first-order valence-corrected chi connectivity index (χ1v) is 7.35. The van der Waals surface area contributed by atoms with Crippen molar-refractivity contribution < 1.29 is 9.53 Å². The molecule has 0 aliphatic carbocycles. The molecule has 0 saturated heterocycles. The summed E-state index contributed by atoms with van der Waals surface area (Å²) >= 11 is 11.8. The van der Waals surface area contributed by atoms with Crippen molar-refractivity contribution in [2.75, 3.05) is 11.9 Å². The van der Waals surface area contributed by atoms with Gasteiger partial charge in [0.15, 0.2) is 0 Å². The summed E-state index contributed by atoms with van der Waals surface area (Å²) in [4.78, 5) is 12.3. The van der Waals surface area contributed by atoms with Gasteiger partial charge in [0.1, 0.15) is 12.4 Å². The van der Waals surface area contributed by atoms with Crippen LogP contribution in [-0.2, 0) is 11.2 Å². The van der Waals surface area contributed by atoms with Gasteiger partial charge in [0.25, 0.3) is 0 Å². The topological polar surface area (TPSA) is 38.3 Å². The maximum Gasteiger partial charge on any atom is 0.231 e. The third-order valence-electron chi connectivity index (χ3n) is 3.41. The predicted octanol–water partition coefficient (Wildman–Crippen LogP) is 4.18. The summed E-state index contributed by atoms with van der Waals surface area (Å²) in [7, 11) is 0. The van der Waals surface area contributed by atoms with Crippen molar-refractivity contribution >= 4 is 34.8 Å². The normalized spacial score (nSPS) is 16.8. The second kappa shape index (κ2) is 5.96. The quantitative estimate of drug-likeness (QED) is 0.900. The summed E-state index contributed by atoms with van der Waals surface area (Å²) in [5, 5.41) is 4.16. The highest BCUT2D eigenvalue weighted by molar-refractivity contribution is 6.31. The predicted molar refractivity (Wildman–Crippen MR) is 84.2 cm³/mol. The maximum atomic E-state index is 12.3. The Morgan fingerprint density at radius 1 is 1.10 bits per heavy atom. The van der Waals surface area contributed by atoms with E-state index in [1.807, 2.05) is 12.1 Å². The van der Waals surface area contributed by atoms with Crippen molar-refractivity contribution in [1.82, 2.24) is 0 Å². The Labute approximate surface area is 132 Å². The van der Waals surface area contributed by atoms with E-state index in [-0.39, 0.29) is 11.8 Å². The first-order valence-electron chi connectivity index (χ1n) is 6.59. The third kappa shape index (κ3) is 3.31. The van der Waals surface area contributed by atoms with Gasteiger partial charge in [0.05, 0.1) is 5.92 Å². The number of hydrogen-bond donors (Lipinski definition) is 1. The molecule has 21 heavy (non-hydrogen) atoms. The number of carbonyl (C=O) groups is 1. The molecule has 1 N–H and O–H groups in total. The fraction of sp³-hybridized carbons (Fsp3) is 0.188. The van der Waals surface area contributed by atoms with Crippen molar-refractivity contribution in [3.05, 3.63) is 58.1 Å². The van der Waals surface area contributed by atoms with E-state index in [1.165, 1.54) is 0 Å². The van der Waals surface area contributed by atoms with E-state index in [2.05, 4.69) is 5.32 Å². The van der Waals surface area contributed by atoms with Crippen molar-refractivity contribution in [2.45, 2.75) is 6.42 Å². The molecule has 3 rings (SSSR count). The lowest BCUT2D eigenvalue weighted by Gasteiger charge is -2.24. The summed E-state index contributed by atoms with van der Waals surface area (Å²) in [5.41, 5.74) is 1.69. The molecule has 0 bridgehead atoms. The van der Waals surface area contributed by atoms with Gasteiger partial charge in [-0.2, -0.15) is 0 Å².